The second-order valence-electron chi connectivity index (χ2n) is 7.57. The molecule has 3 aliphatic rings. The van der Waals surface area contributed by atoms with Crippen LogP contribution < -0.4 is 45.3 Å². The number of fused-ring (bicyclic) bond motifs is 1. The van der Waals surface area contributed by atoms with E-state index >= 15 is 0 Å². The monoisotopic (exact) mass is 364 g/mol. The Kier molecular flexibility index (Phi) is 5.21. The van der Waals surface area contributed by atoms with Gasteiger partial charge in [0.05, 0.1) is 29.9 Å². The van der Waals surface area contributed by atoms with Gasteiger partial charge in [0.15, 0.2) is 0 Å². The Morgan fingerprint density at radius 3 is 2.62 bits per heavy atom. The molecule has 2 aliphatic carbocycles. The van der Waals surface area contributed by atoms with Crippen LogP contribution in [0.25, 0.3) is 0 Å². The van der Waals surface area contributed by atoms with Crippen LogP contribution in [0.3, 0.4) is 0 Å². The number of benzene rings is 1. The van der Waals surface area contributed by atoms with Crippen molar-refractivity contribution >= 4 is 17.8 Å². The molecule has 132 valence electrons. The van der Waals surface area contributed by atoms with Crippen molar-refractivity contribution in [1.29, 1.82) is 0 Å². The molecule has 2 N–H and O–H groups in total. The third-order valence-electron chi connectivity index (χ3n) is 6.15. The van der Waals surface area contributed by atoms with Gasteiger partial charge in [0.25, 0.3) is 0 Å². The first-order chi connectivity index (χ1) is 12.0. The molecule has 6 nitrogen and oxygen atoms in total. The number of amides is 2. The number of carbonyl (C=O) groups is 3. The van der Waals surface area contributed by atoms with Gasteiger partial charge in [-0.05, 0) is 24.8 Å². The SMILES string of the molecule is O=C1C[C@]2(NC(=O)[C@H]3C[C@]3(C(=O)[O-])c3ccccc3)CCCC[C@@H]2N1.[Na+]. The molecule has 1 heterocycles. The molecule has 4 rings (SSSR count). The van der Waals surface area contributed by atoms with E-state index in [2.05, 4.69) is 10.6 Å². The average molecular weight is 364 g/mol. The Bertz CT molecular complexity index is 740. The molecule has 26 heavy (non-hydrogen) atoms. The number of rotatable bonds is 4. The van der Waals surface area contributed by atoms with Crippen molar-refractivity contribution in [2.75, 3.05) is 0 Å². The molecule has 2 saturated carbocycles. The maximum atomic E-state index is 12.9. The van der Waals surface area contributed by atoms with Gasteiger partial charge in [-0.1, -0.05) is 43.2 Å². The van der Waals surface area contributed by atoms with Crippen LogP contribution in [0.1, 0.15) is 44.1 Å². The normalized spacial score (nSPS) is 34.8. The number of carboxylic acid groups (broad SMARTS) is 1. The summed E-state index contributed by atoms with van der Waals surface area (Å²) in [4.78, 5) is 36.6. The second kappa shape index (κ2) is 6.98. The molecule has 3 fully saturated rings. The molecule has 4 atom stereocenters. The molecule has 1 aromatic carbocycles. The third kappa shape index (κ3) is 2.98. The standard InChI is InChI=1S/C19H22N2O4.Na/c22-15-11-18(9-5-4-8-14(18)20-15)21-16(23)13-10-19(13,17(24)25)12-6-2-1-3-7-12;/h1-3,6-7,13-14H,4-5,8-11H2,(H,20,22)(H,21,23)(H,24,25);/q;+1/p-1/t13-,14+,18-,19+;/m1./s1. The summed E-state index contributed by atoms with van der Waals surface area (Å²) < 4.78 is 0. The maximum Gasteiger partial charge on any atom is 1.00 e. The van der Waals surface area contributed by atoms with Gasteiger partial charge in [0.2, 0.25) is 11.8 Å². The topological polar surface area (TPSA) is 98.3 Å². The molecular weight excluding hydrogens is 343 g/mol. The number of hydrogen-bond donors (Lipinski definition) is 2. The number of aliphatic carboxylic acids is 1. The predicted molar refractivity (Wildman–Crippen MR) is 87.1 cm³/mol. The van der Waals surface area contributed by atoms with E-state index in [0.717, 1.165) is 25.7 Å². The largest absolute Gasteiger partial charge is 1.00 e. The second-order valence-corrected chi connectivity index (χ2v) is 7.57. The molecule has 7 heteroatoms. The van der Waals surface area contributed by atoms with Gasteiger partial charge in [-0.3, -0.25) is 9.59 Å². The summed E-state index contributed by atoms with van der Waals surface area (Å²) in [6.45, 7) is 0. The van der Waals surface area contributed by atoms with Gasteiger partial charge in [-0.15, -0.1) is 0 Å². The van der Waals surface area contributed by atoms with Crippen LogP contribution in [0.15, 0.2) is 30.3 Å². The van der Waals surface area contributed by atoms with E-state index in [1.165, 1.54) is 0 Å². The Balaban J connectivity index is 0.00000196. The summed E-state index contributed by atoms with van der Waals surface area (Å²) in [6.07, 6.45) is 4.10. The third-order valence-corrected chi connectivity index (χ3v) is 6.15. The molecule has 2 amide bonds. The number of hydrogen-bond acceptors (Lipinski definition) is 4. The van der Waals surface area contributed by atoms with Crippen LogP contribution in [0.5, 0.6) is 0 Å². The van der Waals surface area contributed by atoms with Crippen molar-refractivity contribution in [2.24, 2.45) is 5.92 Å². The first-order valence-corrected chi connectivity index (χ1v) is 8.86. The molecular formula is C19H21N2NaO4. The maximum absolute atomic E-state index is 12.9. The molecule has 0 unspecified atom stereocenters. The zero-order valence-electron chi connectivity index (χ0n) is 14.9. The minimum absolute atomic E-state index is 0. The van der Waals surface area contributed by atoms with E-state index in [-0.39, 0.29) is 60.3 Å². The zero-order valence-corrected chi connectivity index (χ0v) is 16.9. The molecule has 1 saturated heterocycles. The van der Waals surface area contributed by atoms with Gasteiger partial charge in [-0.25, -0.2) is 0 Å². The van der Waals surface area contributed by atoms with Gasteiger partial charge in [0, 0.05) is 5.41 Å². The predicted octanol–water partition coefficient (Wildman–Crippen LogP) is -2.98. The van der Waals surface area contributed by atoms with Crippen LogP contribution in [-0.4, -0.2) is 29.4 Å². The van der Waals surface area contributed by atoms with Crippen molar-refractivity contribution in [2.45, 2.75) is 55.5 Å². The molecule has 0 aromatic heterocycles. The smallest absolute Gasteiger partial charge is 0.549 e. The summed E-state index contributed by atoms with van der Waals surface area (Å²) in [5.74, 6) is -2.18. The van der Waals surface area contributed by atoms with Crippen LogP contribution in [0.4, 0.5) is 0 Å². The van der Waals surface area contributed by atoms with Gasteiger partial charge < -0.3 is 20.5 Å². The molecule has 1 aliphatic heterocycles. The molecule has 0 bridgehead atoms. The van der Waals surface area contributed by atoms with Crippen molar-refractivity contribution < 1.29 is 49.0 Å². The van der Waals surface area contributed by atoms with E-state index in [9.17, 15) is 19.5 Å². The average Bonchev–Trinajstić information content (AvgIpc) is 3.27. The molecule has 0 spiro atoms. The van der Waals surface area contributed by atoms with E-state index in [0.29, 0.717) is 5.56 Å². The first-order valence-electron chi connectivity index (χ1n) is 8.86. The Morgan fingerprint density at radius 2 is 1.92 bits per heavy atom. The fraction of sp³-hybridized carbons (Fsp3) is 0.526. The Hall–Kier alpha value is -1.37. The van der Waals surface area contributed by atoms with E-state index in [1.807, 2.05) is 6.07 Å². The summed E-state index contributed by atoms with van der Waals surface area (Å²) in [6, 6.07) is 8.75. The van der Waals surface area contributed by atoms with Gasteiger partial charge in [0.1, 0.15) is 0 Å². The van der Waals surface area contributed by atoms with Crippen molar-refractivity contribution in [3.05, 3.63) is 35.9 Å². The quantitative estimate of drug-likeness (QED) is 0.557. The van der Waals surface area contributed by atoms with Crippen LogP contribution in [0, 0.1) is 5.92 Å². The van der Waals surface area contributed by atoms with Crippen molar-refractivity contribution in [3.8, 4) is 0 Å². The van der Waals surface area contributed by atoms with E-state index in [1.54, 1.807) is 24.3 Å². The Morgan fingerprint density at radius 1 is 1.19 bits per heavy atom. The zero-order chi connectivity index (χ0) is 17.7. The fourth-order valence-corrected chi connectivity index (χ4v) is 4.70. The summed E-state index contributed by atoms with van der Waals surface area (Å²) >= 11 is 0. The van der Waals surface area contributed by atoms with Crippen LogP contribution >= 0.6 is 0 Å². The van der Waals surface area contributed by atoms with E-state index in [4.69, 9.17) is 0 Å². The van der Waals surface area contributed by atoms with Crippen LogP contribution in [-0.2, 0) is 19.8 Å². The Labute approximate surface area is 174 Å². The number of carbonyl (C=O) groups excluding carboxylic acids is 3. The van der Waals surface area contributed by atoms with Crippen molar-refractivity contribution in [1.82, 2.24) is 10.6 Å². The molecule has 1 aromatic rings. The van der Waals surface area contributed by atoms with Gasteiger partial charge in [-0.2, -0.15) is 0 Å². The van der Waals surface area contributed by atoms with Gasteiger partial charge >= 0.3 is 29.6 Å². The van der Waals surface area contributed by atoms with E-state index < -0.39 is 22.8 Å². The minimum atomic E-state index is -1.25. The van der Waals surface area contributed by atoms with Crippen LogP contribution in [0.2, 0.25) is 0 Å². The molecule has 0 radical (unpaired) electrons. The fourth-order valence-electron chi connectivity index (χ4n) is 4.70. The number of carboxylic acids is 1. The van der Waals surface area contributed by atoms with Crippen molar-refractivity contribution in [3.63, 3.8) is 0 Å². The number of nitrogens with one attached hydrogen (secondary N) is 2. The summed E-state index contributed by atoms with van der Waals surface area (Å²) in [5, 5.41) is 17.8. The summed E-state index contributed by atoms with van der Waals surface area (Å²) in [5.41, 5.74) is -1.21. The first kappa shape index (κ1) is 19.4. The minimum Gasteiger partial charge on any atom is -0.549 e. The summed E-state index contributed by atoms with van der Waals surface area (Å²) in [7, 11) is 0.